The normalized spacial score (nSPS) is 15.0. The van der Waals surface area contributed by atoms with E-state index in [2.05, 4.69) is 35.3 Å². The van der Waals surface area contributed by atoms with Gasteiger partial charge in [-0.15, -0.1) is 0 Å². The molecule has 0 aliphatic heterocycles. The molecule has 3 nitrogen and oxygen atoms in total. The molecule has 1 saturated carbocycles. The number of aliphatic hydroxyl groups is 1. The van der Waals surface area contributed by atoms with Crippen molar-refractivity contribution in [1.82, 2.24) is 5.32 Å². The fourth-order valence-corrected chi connectivity index (χ4v) is 2.96. The molecule has 0 heterocycles. The van der Waals surface area contributed by atoms with Crippen molar-refractivity contribution < 1.29 is 5.11 Å². The van der Waals surface area contributed by atoms with Crippen LogP contribution >= 0.6 is 11.6 Å². The molecule has 4 heteroatoms. The minimum atomic E-state index is 0.246. The Morgan fingerprint density at radius 1 is 1.38 bits per heavy atom. The lowest BCUT2D eigenvalue weighted by atomic mass is 9.91. The number of rotatable bonds is 9. The van der Waals surface area contributed by atoms with Crippen molar-refractivity contribution in [3.8, 4) is 0 Å². The number of aliphatic hydroxyl groups excluding tert-OH is 1. The van der Waals surface area contributed by atoms with Crippen LogP contribution in [-0.2, 0) is 6.54 Å². The highest BCUT2D eigenvalue weighted by atomic mass is 35.5. The minimum Gasteiger partial charge on any atom is -0.396 e. The van der Waals surface area contributed by atoms with Crippen molar-refractivity contribution in [3.63, 3.8) is 0 Å². The van der Waals surface area contributed by atoms with Gasteiger partial charge in [0.25, 0.3) is 0 Å². The molecule has 1 aliphatic carbocycles. The molecule has 0 radical (unpaired) electrons. The van der Waals surface area contributed by atoms with Crippen LogP contribution in [0.4, 0.5) is 5.69 Å². The first-order chi connectivity index (χ1) is 10.3. The molecule has 118 valence electrons. The Labute approximate surface area is 133 Å². The average molecular weight is 311 g/mol. The van der Waals surface area contributed by atoms with Gasteiger partial charge in [-0.1, -0.05) is 24.6 Å². The lowest BCUT2D eigenvalue weighted by Gasteiger charge is -2.39. The van der Waals surface area contributed by atoms with E-state index in [-0.39, 0.29) is 6.61 Å². The van der Waals surface area contributed by atoms with E-state index < -0.39 is 0 Å². The van der Waals surface area contributed by atoms with Gasteiger partial charge in [-0.3, -0.25) is 0 Å². The summed E-state index contributed by atoms with van der Waals surface area (Å²) in [5.41, 5.74) is 2.35. The highest BCUT2D eigenvalue weighted by molar-refractivity contribution is 6.31. The summed E-state index contributed by atoms with van der Waals surface area (Å²) < 4.78 is 0. The standard InChI is InChI=1S/C17H27ClN2O/c1-2-9-19-13-14-7-8-16(12-17(14)18)20(10-4-11-21)15-5-3-6-15/h7-8,12,15,19,21H,2-6,9-11,13H2,1H3. The highest BCUT2D eigenvalue weighted by Crippen LogP contribution is 2.32. The van der Waals surface area contributed by atoms with E-state index in [1.165, 1.54) is 24.9 Å². The molecule has 0 spiro atoms. The number of anilines is 1. The zero-order valence-corrected chi connectivity index (χ0v) is 13.7. The lowest BCUT2D eigenvalue weighted by molar-refractivity contribution is 0.283. The predicted octanol–water partition coefficient (Wildman–Crippen LogP) is 3.58. The Balaban J connectivity index is 2.04. The third-order valence-electron chi connectivity index (χ3n) is 4.18. The van der Waals surface area contributed by atoms with Gasteiger partial charge in [-0.2, -0.15) is 0 Å². The van der Waals surface area contributed by atoms with E-state index in [1.54, 1.807) is 0 Å². The van der Waals surface area contributed by atoms with E-state index in [9.17, 15) is 0 Å². The first-order valence-corrected chi connectivity index (χ1v) is 8.50. The van der Waals surface area contributed by atoms with Gasteiger partial charge < -0.3 is 15.3 Å². The van der Waals surface area contributed by atoms with Crippen molar-refractivity contribution in [2.45, 2.75) is 51.6 Å². The summed E-state index contributed by atoms with van der Waals surface area (Å²) in [6.45, 7) is 5.16. The van der Waals surface area contributed by atoms with Gasteiger partial charge in [0.2, 0.25) is 0 Å². The Morgan fingerprint density at radius 3 is 2.76 bits per heavy atom. The smallest absolute Gasteiger partial charge is 0.0471 e. The molecule has 0 atom stereocenters. The molecule has 21 heavy (non-hydrogen) atoms. The zero-order valence-electron chi connectivity index (χ0n) is 12.9. The quantitative estimate of drug-likeness (QED) is 0.684. The molecular formula is C17H27ClN2O. The van der Waals surface area contributed by atoms with E-state index >= 15 is 0 Å². The van der Waals surface area contributed by atoms with Gasteiger partial charge in [-0.25, -0.2) is 0 Å². The van der Waals surface area contributed by atoms with Crippen molar-refractivity contribution >= 4 is 17.3 Å². The van der Waals surface area contributed by atoms with E-state index in [0.717, 1.165) is 43.1 Å². The van der Waals surface area contributed by atoms with Crippen molar-refractivity contribution in [2.24, 2.45) is 0 Å². The molecule has 2 rings (SSSR count). The second-order valence-corrected chi connectivity index (χ2v) is 6.21. The van der Waals surface area contributed by atoms with Crippen LogP contribution < -0.4 is 10.2 Å². The molecule has 0 amide bonds. The summed E-state index contributed by atoms with van der Waals surface area (Å²) in [4.78, 5) is 2.41. The number of nitrogens with zero attached hydrogens (tertiary/aromatic N) is 1. The van der Waals surface area contributed by atoms with Crippen LogP contribution in [0.5, 0.6) is 0 Å². The maximum atomic E-state index is 9.09. The highest BCUT2D eigenvalue weighted by Gasteiger charge is 2.25. The number of hydrogen-bond acceptors (Lipinski definition) is 3. The number of nitrogens with one attached hydrogen (secondary N) is 1. The van der Waals surface area contributed by atoms with Crippen molar-refractivity contribution in [1.29, 1.82) is 0 Å². The Bertz CT molecular complexity index is 435. The van der Waals surface area contributed by atoms with Crippen LogP contribution in [-0.4, -0.2) is 30.8 Å². The van der Waals surface area contributed by atoms with Crippen LogP contribution in [0.1, 0.15) is 44.6 Å². The molecule has 0 saturated heterocycles. The summed E-state index contributed by atoms with van der Waals surface area (Å²) >= 11 is 6.44. The van der Waals surface area contributed by atoms with Crippen LogP contribution in [0.2, 0.25) is 5.02 Å². The molecule has 1 aliphatic rings. The number of halogens is 1. The van der Waals surface area contributed by atoms with Gasteiger partial charge in [0.15, 0.2) is 0 Å². The average Bonchev–Trinajstić information content (AvgIpc) is 2.43. The Morgan fingerprint density at radius 2 is 2.19 bits per heavy atom. The molecule has 2 N–H and O–H groups in total. The van der Waals surface area contributed by atoms with Gasteiger partial charge in [-0.05, 0) is 56.3 Å². The van der Waals surface area contributed by atoms with Gasteiger partial charge in [0.1, 0.15) is 0 Å². The first-order valence-electron chi connectivity index (χ1n) is 8.13. The van der Waals surface area contributed by atoms with Crippen molar-refractivity contribution in [3.05, 3.63) is 28.8 Å². The first kappa shape index (κ1) is 16.6. The van der Waals surface area contributed by atoms with E-state index in [1.807, 2.05) is 0 Å². The second-order valence-electron chi connectivity index (χ2n) is 5.81. The SMILES string of the molecule is CCCNCc1ccc(N(CCCO)C2CCC2)cc1Cl. The minimum absolute atomic E-state index is 0.246. The third-order valence-corrected chi connectivity index (χ3v) is 4.53. The molecule has 0 aromatic heterocycles. The molecule has 1 aromatic carbocycles. The van der Waals surface area contributed by atoms with E-state index in [4.69, 9.17) is 16.7 Å². The number of benzene rings is 1. The van der Waals surface area contributed by atoms with Gasteiger partial charge in [0.05, 0.1) is 0 Å². The maximum Gasteiger partial charge on any atom is 0.0471 e. The Hall–Kier alpha value is -0.770. The summed E-state index contributed by atoms with van der Waals surface area (Å²) in [6, 6.07) is 7.01. The summed E-state index contributed by atoms with van der Waals surface area (Å²) in [5.74, 6) is 0. The summed E-state index contributed by atoms with van der Waals surface area (Å²) in [7, 11) is 0. The molecule has 1 aromatic rings. The van der Waals surface area contributed by atoms with Crippen molar-refractivity contribution in [2.75, 3.05) is 24.6 Å². The summed E-state index contributed by atoms with van der Waals surface area (Å²) in [5, 5.41) is 13.3. The molecule has 0 bridgehead atoms. The maximum absolute atomic E-state index is 9.09. The van der Waals surface area contributed by atoms with Gasteiger partial charge in [0, 0.05) is 36.4 Å². The Kier molecular flexibility index (Phi) is 6.81. The van der Waals surface area contributed by atoms with E-state index in [0.29, 0.717) is 6.04 Å². The predicted molar refractivity (Wildman–Crippen MR) is 90.1 cm³/mol. The number of hydrogen-bond donors (Lipinski definition) is 2. The van der Waals surface area contributed by atoms with Crippen LogP contribution in [0.3, 0.4) is 0 Å². The monoisotopic (exact) mass is 310 g/mol. The summed E-state index contributed by atoms with van der Waals surface area (Å²) in [6.07, 6.45) is 5.76. The zero-order chi connectivity index (χ0) is 15.1. The van der Waals surface area contributed by atoms with Crippen LogP contribution in [0.25, 0.3) is 0 Å². The van der Waals surface area contributed by atoms with Crippen LogP contribution in [0, 0.1) is 0 Å². The molecule has 1 fully saturated rings. The third kappa shape index (κ3) is 4.60. The lowest BCUT2D eigenvalue weighted by Crippen LogP contribution is -2.41. The topological polar surface area (TPSA) is 35.5 Å². The second kappa shape index (κ2) is 8.62. The molecular weight excluding hydrogens is 284 g/mol. The van der Waals surface area contributed by atoms with Gasteiger partial charge >= 0.3 is 0 Å². The fourth-order valence-electron chi connectivity index (χ4n) is 2.72. The molecule has 0 unspecified atom stereocenters. The van der Waals surface area contributed by atoms with Crippen LogP contribution in [0.15, 0.2) is 18.2 Å². The fraction of sp³-hybridized carbons (Fsp3) is 0.647. The largest absolute Gasteiger partial charge is 0.396 e.